The summed E-state index contributed by atoms with van der Waals surface area (Å²) < 4.78 is 6.27. The van der Waals surface area contributed by atoms with Crippen LogP contribution in [0.2, 0.25) is 0 Å². The molecule has 1 aromatic rings. The molecule has 6 heteroatoms. The van der Waals surface area contributed by atoms with Gasteiger partial charge in [0.15, 0.2) is 0 Å². The van der Waals surface area contributed by atoms with E-state index in [-0.39, 0.29) is 18.4 Å². The normalized spacial score (nSPS) is 18.9. The zero-order chi connectivity index (χ0) is 21.5. The average molecular weight is 416 g/mol. The fourth-order valence-electron chi connectivity index (χ4n) is 4.68. The second-order valence-corrected chi connectivity index (χ2v) is 8.97. The third-order valence-electron chi connectivity index (χ3n) is 6.23. The minimum absolute atomic E-state index is 0.00710. The molecule has 1 aromatic carbocycles. The lowest BCUT2D eigenvalue weighted by Gasteiger charge is -2.34. The lowest BCUT2D eigenvalue weighted by atomic mass is 9.97. The van der Waals surface area contributed by atoms with Crippen LogP contribution in [0.1, 0.15) is 61.6 Å². The second-order valence-electron chi connectivity index (χ2n) is 8.97. The van der Waals surface area contributed by atoms with E-state index in [0.717, 1.165) is 42.7 Å². The SMILES string of the molecule is Cc1cc(C)c(NC(=O)CNC(=O)CN2CCC(OC3CCCCC3)CC2)c(C)c1. The van der Waals surface area contributed by atoms with Crippen LogP contribution in [0, 0.1) is 20.8 Å². The number of nitrogens with one attached hydrogen (secondary N) is 2. The molecule has 2 N–H and O–H groups in total. The van der Waals surface area contributed by atoms with Gasteiger partial charge < -0.3 is 15.4 Å². The fraction of sp³-hybridized carbons (Fsp3) is 0.667. The first kappa shape index (κ1) is 22.8. The highest BCUT2D eigenvalue weighted by Crippen LogP contribution is 2.25. The van der Waals surface area contributed by atoms with E-state index in [1.54, 1.807) is 0 Å². The molecule has 0 spiro atoms. The summed E-state index contributed by atoms with van der Waals surface area (Å²) in [5.41, 5.74) is 4.07. The van der Waals surface area contributed by atoms with Crippen molar-refractivity contribution in [1.29, 1.82) is 0 Å². The van der Waals surface area contributed by atoms with Gasteiger partial charge in [-0.25, -0.2) is 0 Å². The van der Waals surface area contributed by atoms with Gasteiger partial charge in [0.25, 0.3) is 0 Å². The van der Waals surface area contributed by atoms with Crippen LogP contribution in [-0.4, -0.2) is 55.1 Å². The Labute approximate surface area is 180 Å². The van der Waals surface area contributed by atoms with Crippen molar-refractivity contribution in [3.05, 3.63) is 28.8 Å². The van der Waals surface area contributed by atoms with E-state index in [2.05, 4.69) is 15.5 Å². The molecule has 0 unspecified atom stereocenters. The predicted molar refractivity (Wildman–Crippen MR) is 120 cm³/mol. The zero-order valence-electron chi connectivity index (χ0n) is 18.8. The van der Waals surface area contributed by atoms with Gasteiger partial charge in [0.2, 0.25) is 11.8 Å². The van der Waals surface area contributed by atoms with E-state index in [1.807, 2.05) is 32.9 Å². The molecular weight excluding hydrogens is 378 g/mol. The van der Waals surface area contributed by atoms with E-state index >= 15 is 0 Å². The number of piperidine rings is 1. The molecule has 2 aliphatic rings. The third kappa shape index (κ3) is 6.81. The summed E-state index contributed by atoms with van der Waals surface area (Å²) >= 11 is 0. The summed E-state index contributed by atoms with van der Waals surface area (Å²) in [7, 11) is 0. The number of carbonyl (C=O) groups is 2. The Bertz CT molecular complexity index is 712. The fourth-order valence-corrected chi connectivity index (χ4v) is 4.68. The number of benzene rings is 1. The van der Waals surface area contributed by atoms with Crippen molar-refractivity contribution in [3.8, 4) is 0 Å². The number of hydrogen-bond donors (Lipinski definition) is 2. The molecule has 2 fully saturated rings. The Morgan fingerprint density at radius 2 is 1.53 bits per heavy atom. The van der Waals surface area contributed by atoms with Gasteiger partial charge in [-0.2, -0.15) is 0 Å². The Kier molecular flexibility index (Phi) is 8.28. The van der Waals surface area contributed by atoms with Crippen LogP contribution in [0.15, 0.2) is 12.1 Å². The first-order valence-corrected chi connectivity index (χ1v) is 11.4. The van der Waals surface area contributed by atoms with Crippen LogP contribution in [0.25, 0.3) is 0 Å². The van der Waals surface area contributed by atoms with Crippen molar-refractivity contribution in [2.75, 3.05) is 31.5 Å². The number of ether oxygens (including phenoxy) is 1. The standard InChI is InChI=1S/C24H37N3O3/c1-17-13-18(2)24(19(3)14-17)26-22(28)15-25-23(29)16-27-11-9-21(10-12-27)30-20-7-5-4-6-8-20/h13-14,20-21H,4-12,15-16H2,1-3H3,(H,25,29)(H,26,28). The van der Waals surface area contributed by atoms with Gasteiger partial charge in [-0.1, -0.05) is 37.0 Å². The maximum atomic E-state index is 12.3. The third-order valence-corrected chi connectivity index (χ3v) is 6.23. The van der Waals surface area contributed by atoms with E-state index in [4.69, 9.17) is 4.74 Å². The van der Waals surface area contributed by atoms with Crippen LogP contribution >= 0.6 is 0 Å². The van der Waals surface area contributed by atoms with Gasteiger partial charge in [0, 0.05) is 18.8 Å². The quantitative estimate of drug-likeness (QED) is 0.715. The zero-order valence-corrected chi connectivity index (χ0v) is 18.8. The van der Waals surface area contributed by atoms with Gasteiger partial charge >= 0.3 is 0 Å². The summed E-state index contributed by atoms with van der Waals surface area (Å²) in [5, 5.41) is 5.68. The van der Waals surface area contributed by atoms with E-state index in [1.165, 1.54) is 37.7 Å². The molecule has 3 rings (SSSR count). The molecule has 1 saturated heterocycles. The first-order chi connectivity index (χ1) is 14.4. The Morgan fingerprint density at radius 1 is 0.933 bits per heavy atom. The summed E-state index contributed by atoms with van der Waals surface area (Å²) in [4.78, 5) is 26.7. The lowest BCUT2D eigenvalue weighted by Crippen LogP contribution is -2.45. The van der Waals surface area contributed by atoms with Gasteiger partial charge in [0.1, 0.15) is 0 Å². The molecule has 1 aliphatic heterocycles. The minimum atomic E-state index is -0.196. The molecule has 2 amide bonds. The van der Waals surface area contributed by atoms with Crippen molar-refractivity contribution in [1.82, 2.24) is 10.2 Å². The van der Waals surface area contributed by atoms with E-state index in [0.29, 0.717) is 18.8 Å². The summed E-state index contributed by atoms with van der Waals surface area (Å²) in [6.07, 6.45) is 9.07. The largest absolute Gasteiger partial charge is 0.375 e. The van der Waals surface area contributed by atoms with Crippen LogP contribution < -0.4 is 10.6 Å². The Morgan fingerprint density at radius 3 is 2.17 bits per heavy atom. The van der Waals surface area contributed by atoms with Crippen LogP contribution in [-0.2, 0) is 14.3 Å². The number of nitrogens with zero attached hydrogens (tertiary/aromatic N) is 1. The van der Waals surface area contributed by atoms with E-state index in [9.17, 15) is 9.59 Å². The van der Waals surface area contributed by atoms with Crippen molar-refractivity contribution in [2.24, 2.45) is 0 Å². The van der Waals surface area contributed by atoms with Crippen molar-refractivity contribution in [2.45, 2.75) is 77.9 Å². The highest BCUT2D eigenvalue weighted by Gasteiger charge is 2.25. The molecule has 1 aliphatic carbocycles. The van der Waals surface area contributed by atoms with Gasteiger partial charge in [-0.15, -0.1) is 0 Å². The first-order valence-electron chi connectivity index (χ1n) is 11.4. The predicted octanol–water partition coefficient (Wildman–Crippen LogP) is 3.48. The van der Waals surface area contributed by atoms with Crippen LogP contribution in [0.4, 0.5) is 5.69 Å². The minimum Gasteiger partial charge on any atom is -0.375 e. The molecule has 0 bridgehead atoms. The monoisotopic (exact) mass is 415 g/mol. The second kappa shape index (κ2) is 10.9. The topological polar surface area (TPSA) is 70.7 Å². The summed E-state index contributed by atoms with van der Waals surface area (Å²) in [6.45, 7) is 8.08. The molecule has 6 nitrogen and oxygen atoms in total. The smallest absolute Gasteiger partial charge is 0.243 e. The van der Waals surface area contributed by atoms with Gasteiger partial charge in [0.05, 0.1) is 25.3 Å². The van der Waals surface area contributed by atoms with Crippen molar-refractivity contribution in [3.63, 3.8) is 0 Å². The number of likely N-dealkylation sites (tertiary alicyclic amines) is 1. The van der Waals surface area contributed by atoms with Gasteiger partial charge in [-0.3, -0.25) is 14.5 Å². The molecule has 0 aromatic heterocycles. The molecule has 30 heavy (non-hydrogen) atoms. The number of rotatable bonds is 7. The number of carbonyl (C=O) groups excluding carboxylic acids is 2. The van der Waals surface area contributed by atoms with Crippen LogP contribution in [0.3, 0.4) is 0 Å². The van der Waals surface area contributed by atoms with Gasteiger partial charge in [-0.05, 0) is 57.6 Å². The van der Waals surface area contributed by atoms with Crippen LogP contribution in [0.5, 0.6) is 0 Å². The summed E-state index contributed by atoms with van der Waals surface area (Å²) in [6, 6.07) is 4.09. The van der Waals surface area contributed by atoms with Crippen molar-refractivity contribution >= 4 is 17.5 Å². The average Bonchev–Trinajstić information content (AvgIpc) is 2.71. The molecular formula is C24H37N3O3. The maximum absolute atomic E-state index is 12.3. The van der Waals surface area contributed by atoms with E-state index < -0.39 is 0 Å². The number of amides is 2. The number of aryl methyl sites for hydroxylation is 3. The highest BCUT2D eigenvalue weighted by molar-refractivity contribution is 5.96. The molecule has 1 heterocycles. The number of hydrogen-bond acceptors (Lipinski definition) is 4. The molecule has 1 saturated carbocycles. The maximum Gasteiger partial charge on any atom is 0.243 e. The molecule has 166 valence electrons. The Hall–Kier alpha value is -1.92. The highest BCUT2D eigenvalue weighted by atomic mass is 16.5. The lowest BCUT2D eigenvalue weighted by molar-refractivity contribution is -0.125. The summed E-state index contributed by atoms with van der Waals surface area (Å²) in [5.74, 6) is -0.299. The Balaban J connectivity index is 1.34. The van der Waals surface area contributed by atoms with Crippen molar-refractivity contribution < 1.29 is 14.3 Å². The number of anilines is 1. The molecule has 0 radical (unpaired) electrons. The molecule has 0 atom stereocenters.